The minimum Gasteiger partial charge on any atom is -0.391 e. The first-order valence-electron chi connectivity index (χ1n) is 6.17. The minimum atomic E-state index is -0.486. The summed E-state index contributed by atoms with van der Waals surface area (Å²) in [5.74, 6) is 0.298. The molecule has 1 rings (SSSR count). The molecule has 1 aromatic rings. The maximum atomic E-state index is 11.7. The number of hydrogen-bond acceptors (Lipinski definition) is 2. The molecule has 0 aliphatic heterocycles. The van der Waals surface area contributed by atoms with Crippen LogP contribution in [-0.4, -0.2) is 23.7 Å². The second-order valence-corrected chi connectivity index (χ2v) is 5.26. The van der Waals surface area contributed by atoms with Crippen LogP contribution in [0.3, 0.4) is 0 Å². The molecule has 0 spiro atoms. The predicted molar refractivity (Wildman–Crippen MR) is 73.6 cm³/mol. The fourth-order valence-electron chi connectivity index (χ4n) is 1.74. The zero-order chi connectivity index (χ0) is 13.5. The van der Waals surface area contributed by atoms with Crippen molar-refractivity contribution in [3.8, 4) is 0 Å². The van der Waals surface area contributed by atoms with Gasteiger partial charge >= 0.3 is 0 Å². The molecule has 0 unspecified atom stereocenters. The van der Waals surface area contributed by atoms with E-state index in [-0.39, 0.29) is 12.3 Å². The summed E-state index contributed by atoms with van der Waals surface area (Å²) in [4.78, 5) is 11.7. The van der Waals surface area contributed by atoms with E-state index in [1.807, 2.05) is 32.0 Å². The Hall–Kier alpha value is -1.06. The number of aliphatic hydroxyl groups excluding tert-OH is 1. The van der Waals surface area contributed by atoms with Crippen LogP contribution in [0.1, 0.15) is 25.8 Å². The Morgan fingerprint density at radius 3 is 2.67 bits per heavy atom. The number of rotatable bonds is 6. The second-order valence-electron chi connectivity index (χ2n) is 4.86. The molecule has 0 radical (unpaired) electrons. The number of benzene rings is 1. The van der Waals surface area contributed by atoms with Crippen molar-refractivity contribution >= 4 is 17.5 Å². The van der Waals surface area contributed by atoms with Crippen LogP contribution >= 0.6 is 11.6 Å². The van der Waals surface area contributed by atoms with E-state index in [1.54, 1.807) is 6.07 Å². The van der Waals surface area contributed by atoms with E-state index >= 15 is 0 Å². The van der Waals surface area contributed by atoms with Crippen molar-refractivity contribution in [3.63, 3.8) is 0 Å². The molecule has 18 heavy (non-hydrogen) atoms. The topological polar surface area (TPSA) is 49.3 Å². The maximum Gasteiger partial charge on any atom is 0.224 e. The Bertz CT molecular complexity index is 393. The van der Waals surface area contributed by atoms with Gasteiger partial charge in [0.05, 0.1) is 12.5 Å². The van der Waals surface area contributed by atoms with Gasteiger partial charge in [-0.25, -0.2) is 0 Å². The van der Waals surface area contributed by atoms with Gasteiger partial charge in [-0.2, -0.15) is 0 Å². The normalized spacial score (nSPS) is 12.5. The number of amides is 1. The monoisotopic (exact) mass is 269 g/mol. The third kappa shape index (κ3) is 5.52. The Balaban J connectivity index is 2.36. The first-order chi connectivity index (χ1) is 8.49. The summed E-state index contributed by atoms with van der Waals surface area (Å²) >= 11 is 5.97. The largest absolute Gasteiger partial charge is 0.391 e. The van der Waals surface area contributed by atoms with Crippen LogP contribution < -0.4 is 5.32 Å². The van der Waals surface area contributed by atoms with Gasteiger partial charge in [-0.05, 0) is 24.0 Å². The number of nitrogens with one attached hydrogen (secondary N) is 1. The van der Waals surface area contributed by atoms with Crippen LogP contribution in [0.2, 0.25) is 5.02 Å². The molecule has 0 saturated carbocycles. The van der Waals surface area contributed by atoms with Gasteiger partial charge in [0.1, 0.15) is 0 Å². The van der Waals surface area contributed by atoms with Crippen molar-refractivity contribution in [3.05, 3.63) is 34.9 Å². The molecule has 0 heterocycles. The lowest BCUT2D eigenvalue weighted by Gasteiger charge is -2.14. The highest BCUT2D eigenvalue weighted by atomic mass is 35.5. The van der Waals surface area contributed by atoms with Crippen LogP contribution in [0.25, 0.3) is 0 Å². The van der Waals surface area contributed by atoms with Crippen molar-refractivity contribution in [2.45, 2.75) is 32.8 Å². The highest BCUT2D eigenvalue weighted by Crippen LogP contribution is 2.15. The van der Waals surface area contributed by atoms with Gasteiger partial charge in [0, 0.05) is 11.6 Å². The molecule has 4 heteroatoms. The Labute approximate surface area is 113 Å². The summed E-state index contributed by atoms with van der Waals surface area (Å²) in [5, 5.41) is 13.0. The Morgan fingerprint density at radius 1 is 1.39 bits per heavy atom. The molecule has 0 bridgehead atoms. The number of carbonyl (C=O) groups excluding carboxylic acids is 1. The smallest absolute Gasteiger partial charge is 0.224 e. The van der Waals surface area contributed by atoms with Gasteiger partial charge in [0.15, 0.2) is 0 Å². The molecule has 1 atom stereocenters. The zero-order valence-corrected chi connectivity index (χ0v) is 11.6. The summed E-state index contributed by atoms with van der Waals surface area (Å²) in [5.41, 5.74) is 0.801. The summed E-state index contributed by atoms with van der Waals surface area (Å²) < 4.78 is 0. The first-order valence-corrected chi connectivity index (χ1v) is 6.55. The molecule has 0 aliphatic carbocycles. The van der Waals surface area contributed by atoms with E-state index in [9.17, 15) is 9.90 Å². The maximum absolute atomic E-state index is 11.7. The van der Waals surface area contributed by atoms with Gasteiger partial charge < -0.3 is 10.4 Å². The van der Waals surface area contributed by atoms with Gasteiger partial charge in [-0.1, -0.05) is 43.6 Å². The van der Waals surface area contributed by atoms with Crippen LogP contribution in [0.15, 0.2) is 24.3 Å². The highest BCUT2D eigenvalue weighted by Gasteiger charge is 2.10. The van der Waals surface area contributed by atoms with E-state index in [0.29, 0.717) is 23.9 Å². The van der Waals surface area contributed by atoms with Crippen LogP contribution in [0, 0.1) is 5.92 Å². The molecule has 3 nitrogen and oxygen atoms in total. The highest BCUT2D eigenvalue weighted by molar-refractivity contribution is 6.31. The van der Waals surface area contributed by atoms with Gasteiger partial charge in [-0.3, -0.25) is 4.79 Å². The Kier molecular flexibility index (Phi) is 6.16. The van der Waals surface area contributed by atoms with E-state index in [2.05, 4.69) is 5.32 Å². The SMILES string of the molecule is CC(C)C[C@H](O)CNC(=O)Cc1ccccc1Cl. The summed E-state index contributed by atoms with van der Waals surface area (Å²) in [6.07, 6.45) is 0.445. The van der Waals surface area contributed by atoms with Crippen LogP contribution in [0.5, 0.6) is 0 Å². The molecule has 0 aromatic heterocycles. The molecule has 1 amide bonds. The summed E-state index contributed by atoms with van der Waals surface area (Å²) in [7, 11) is 0. The van der Waals surface area contributed by atoms with Crippen molar-refractivity contribution in [2.24, 2.45) is 5.92 Å². The molecule has 0 saturated heterocycles. The first kappa shape index (κ1) is 15.0. The van der Waals surface area contributed by atoms with Crippen molar-refractivity contribution in [1.82, 2.24) is 5.32 Å². The van der Waals surface area contributed by atoms with Crippen molar-refractivity contribution in [2.75, 3.05) is 6.54 Å². The van der Waals surface area contributed by atoms with Gasteiger partial charge in [0.25, 0.3) is 0 Å². The Morgan fingerprint density at radius 2 is 2.06 bits per heavy atom. The molecule has 0 aliphatic rings. The minimum absolute atomic E-state index is 0.120. The fraction of sp³-hybridized carbons (Fsp3) is 0.500. The fourth-order valence-corrected chi connectivity index (χ4v) is 1.94. The average molecular weight is 270 g/mol. The van der Waals surface area contributed by atoms with E-state index in [0.717, 1.165) is 5.56 Å². The average Bonchev–Trinajstić information content (AvgIpc) is 2.29. The molecule has 1 aromatic carbocycles. The van der Waals surface area contributed by atoms with E-state index < -0.39 is 6.10 Å². The number of hydrogen-bond donors (Lipinski definition) is 2. The number of aliphatic hydroxyl groups is 1. The molecule has 0 fully saturated rings. The number of carbonyl (C=O) groups is 1. The van der Waals surface area contributed by atoms with E-state index in [4.69, 9.17) is 11.6 Å². The van der Waals surface area contributed by atoms with Crippen molar-refractivity contribution < 1.29 is 9.90 Å². The lowest BCUT2D eigenvalue weighted by atomic mass is 10.1. The molecule has 100 valence electrons. The second kappa shape index (κ2) is 7.39. The van der Waals surface area contributed by atoms with Gasteiger partial charge in [-0.15, -0.1) is 0 Å². The summed E-state index contributed by atoms with van der Waals surface area (Å²) in [6, 6.07) is 7.27. The molecule has 2 N–H and O–H groups in total. The standard InChI is InChI=1S/C14H20ClNO2/c1-10(2)7-12(17)9-16-14(18)8-11-5-3-4-6-13(11)15/h3-6,10,12,17H,7-9H2,1-2H3,(H,16,18)/t12-/m0/s1. The van der Waals surface area contributed by atoms with Crippen molar-refractivity contribution in [1.29, 1.82) is 0 Å². The number of halogens is 1. The lowest BCUT2D eigenvalue weighted by Crippen LogP contribution is -2.33. The quantitative estimate of drug-likeness (QED) is 0.833. The van der Waals surface area contributed by atoms with Crippen LogP contribution in [0.4, 0.5) is 0 Å². The zero-order valence-electron chi connectivity index (χ0n) is 10.8. The predicted octanol–water partition coefficient (Wildman–Crippen LogP) is 2.41. The lowest BCUT2D eigenvalue weighted by molar-refractivity contribution is -0.120. The molecular formula is C14H20ClNO2. The summed E-state index contributed by atoms with van der Waals surface area (Å²) in [6.45, 7) is 4.37. The third-order valence-electron chi connectivity index (χ3n) is 2.59. The third-order valence-corrected chi connectivity index (χ3v) is 2.96. The van der Waals surface area contributed by atoms with E-state index in [1.165, 1.54) is 0 Å². The van der Waals surface area contributed by atoms with Gasteiger partial charge in [0.2, 0.25) is 5.91 Å². The van der Waals surface area contributed by atoms with Crippen LogP contribution in [-0.2, 0) is 11.2 Å². The molecular weight excluding hydrogens is 250 g/mol.